The minimum absolute atomic E-state index is 0.332. The van der Waals surface area contributed by atoms with E-state index < -0.39 is 0 Å². The van der Waals surface area contributed by atoms with Crippen molar-refractivity contribution < 1.29 is 13.6 Å². The number of hydrogen-bond donors (Lipinski definition) is 1. The van der Waals surface area contributed by atoms with Crippen molar-refractivity contribution in [1.82, 2.24) is 4.98 Å². The first kappa shape index (κ1) is 23.2. The molecule has 0 radical (unpaired) electrons. The molecule has 0 saturated carbocycles. The Morgan fingerprint density at radius 3 is 2.60 bits per heavy atom. The van der Waals surface area contributed by atoms with E-state index in [9.17, 15) is 4.79 Å². The maximum absolute atomic E-state index is 12.5. The highest BCUT2D eigenvalue weighted by molar-refractivity contribution is 6.33. The Bertz CT molecular complexity index is 1600. The summed E-state index contributed by atoms with van der Waals surface area (Å²) >= 11 is 18.6. The van der Waals surface area contributed by atoms with Crippen LogP contribution in [0.25, 0.3) is 40.0 Å². The number of hydrogen-bond acceptors (Lipinski definition) is 4. The van der Waals surface area contributed by atoms with Gasteiger partial charge in [0.15, 0.2) is 5.58 Å². The molecule has 0 fully saturated rings. The molecule has 0 spiro atoms. The van der Waals surface area contributed by atoms with Crippen LogP contribution in [-0.4, -0.2) is 10.9 Å². The molecule has 174 valence electrons. The van der Waals surface area contributed by atoms with Gasteiger partial charge in [-0.1, -0.05) is 46.9 Å². The molecule has 5 nitrogen and oxygen atoms in total. The number of aromatic nitrogens is 1. The van der Waals surface area contributed by atoms with E-state index in [1.54, 1.807) is 48.5 Å². The van der Waals surface area contributed by atoms with Crippen molar-refractivity contribution >= 4 is 63.6 Å². The molecular formula is C27H17Cl3N2O3. The molecule has 0 aliphatic rings. The van der Waals surface area contributed by atoms with Crippen molar-refractivity contribution in [2.75, 3.05) is 5.32 Å². The van der Waals surface area contributed by atoms with E-state index in [4.69, 9.17) is 43.6 Å². The Morgan fingerprint density at radius 2 is 1.77 bits per heavy atom. The smallest absolute Gasteiger partial charge is 0.248 e. The Kier molecular flexibility index (Phi) is 6.39. The molecule has 0 bridgehead atoms. The first-order valence-corrected chi connectivity index (χ1v) is 11.7. The van der Waals surface area contributed by atoms with Crippen molar-refractivity contribution in [2.24, 2.45) is 0 Å². The molecule has 2 aromatic heterocycles. The second-order valence-corrected chi connectivity index (χ2v) is 9.07. The summed E-state index contributed by atoms with van der Waals surface area (Å²) < 4.78 is 11.6. The number of nitrogens with zero attached hydrogens (tertiary/aromatic N) is 1. The summed E-state index contributed by atoms with van der Waals surface area (Å²) in [6.07, 6.45) is 2.98. The number of carbonyl (C=O) groups is 1. The van der Waals surface area contributed by atoms with Gasteiger partial charge in [-0.2, -0.15) is 0 Å². The molecule has 0 aliphatic heterocycles. The van der Waals surface area contributed by atoms with E-state index in [1.165, 1.54) is 6.08 Å². The van der Waals surface area contributed by atoms with E-state index in [1.807, 2.05) is 31.2 Å². The maximum Gasteiger partial charge on any atom is 0.248 e. The van der Waals surface area contributed by atoms with Crippen LogP contribution in [0.5, 0.6) is 0 Å². The predicted molar refractivity (Wildman–Crippen MR) is 141 cm³/mol. The summed E-state index contributed by atoms with van der Waals surface area (Å²) in [6.45, 7) is 1.94. The summed E-state index contributed by atoms with van der Waals surface area (Å²) in [7, 11) is 0. The zero-order valence-corrected chi connectivity index (χ0v) is 20.6. The fourth-order valence-electron chi connectivity index (χ4n) is 3.47. The van der Waals surface area contributed by atoms with Gasteiger partial charge in [0.25, 0.3) is 0 Å². The van der Waals surface area contributed by atoms with Crippen LogP contribution >= 0.6 is 34.8 Å². The van der Waals surface area contributed by atoms with Crippen LogP contribution in [0.3, 0.4) is 0 Å². The van der Waals surface area contributed by atoms with Crippen molar-refractivity contribution in [2.45, 2.75) is 6.92 Å². The van der Waals surface area contributed by atoms with Gasteiger partial charge in [-0.3, -0.25) is 4.79 Å². The van der Waals surface area contributed by atoms with Gasteiger partial charge in [-0.15, -0.1) is 0 Å². The second-order valence-electron chi connectivity index (χ2n) is 7.81. The SMILES string of the molecule is Cc1ccc(-c2ccc(/C=C/C(=O)Nc3ccc(Cl)c(-c4nc5cc(Cl)ccc5o4)c3)o2)cc1Cl. The standard InChI is InChI=1S/C27H17Cl3N2O3/c1-15-2-3-16(12-22(15)30)24-10-6-19(34-24)7-11-26(33)31-18-5-8-21(29)20(14-18)27-32-23-13-17(28)4-9-25(23)35-27/h2-14H,1H3,(H,31,33)/b11-7+. The van der Waals surface area contributed by atoms with Gasteiger partial charge in [0.2, 0.25) is 11.8 Å². The van der Waals surface area contributed by atoms with Crippen LogP contribution < -0.4 is 5.32 Å². The summed E-state index contributed by atoms with van der Waals surface area (Å²) in [5, 5.41) is 4.47. The van der Waals surface area contributed by atoms with E-state index in [0.717, 1.165) is 11.1 Å². The molecule has 0 unspecified atom stereocenters. The molecule has 3 aromatic carbocycles. The molecule has 35 heavy (non-hydrogen) atoms. The van der Waals surface area contributed by atoms with Crippen LogP contribution in [0.2, 0.25) is 15.1 Å². The zero-order chi connectivity index (χ0) is 24.5. The minimum atomic E-state index is -0.334. The molecule has 1 amide bonds. The Labute approximate surface area is 215 Å². The lowest BCUT2D eigenvalue weighted by Crippen LogP contribution is -2.07. The number of halogens is 3. The molecule has 5 aromatic rings. The first-order chi connectivity index (χ1) is 16.9. The zero-order valence-electron chi connectivity index (χ0n) is 18.3. The summed E-state index contributed by atoms with van der Waals surface area (Å²) in [5.74, 6) is 1.19. The lowest BCUT2D eigenvalue weighted by Gasteiger charge is -2.05. The average Bonchev–Trinajstić information content (AvgIpc) is 3.47. The molecule has 1 N–H and O–H groups in total. The number of aryl methyl sites for hydroxylation is 1. The highest BCUT2D eigenvalue weighted by atomic mass is 35.5. The van der Waals surface area contributed by atoms with Crippen LogP contribution in [-0.2, 0) is 4.79 Å². The summed E-state index contributed by atoms with van der Waals surface area (Å²) in [5.41, 5.74) is 4.14. The predicted octanol–water partition coefficient (Wildman–Crippen LogP) is 8.68. The first-order valence-electron chi connectivity index (χ1n) is 10.6. The Hall–Kier alpha value is -3.51. The number of benzene rings is 3. The van der Waals surface area contributed by atoms with Crippen LogP contribution in [0, 0.1) is 6.92 Å². The summed E-state index contributed by atoms with van der Waals surface area (Å²) in [4.78, 5) is 17.0. The lowest BCUT2D eigenvalue weighted by molar-refractivity contribution is -0.111. The van der Waals surface area contributed by atoms with Crippen LogP contribution in [0.4, 0.5) is 5.69 Å². The van der Waals surface area contributed by atoms with Crippen molar-refractivity contribution in [3.63, 3.8) is 0 Å². The van der Waals surface area contributed by atoms with Gasteiger partial charge in [0.05, 0.1) is 10.6 Å². The third kappa shape index (κ3) is 5.13. The van der Waals surface area contributed by atoms with E-state index in [0.29, 0.717) is 54.8 Å². The highest BCUT2D eigenvalue weighted by Gasteiger charge is 2.14. The minimum Gasteiger partial charge on any atom is -0.457 e. The van der Waals surface area contributed by atoms with Gasteiger partial charge in [0.1, 0.15) is 17.0 Å². The average molecular weight is 524 g/mol. The molecular weight excluding hydrogens is 507 g/mol. The third-order valence-electron chi connectivity index (χ3n) is 5.30. The van der Waals surface area contributed by atoms with Crippen molar-refractivity contribution in [3.8, 4) is 22.8 Å². The number of carbonyl (C=O) groups excluding carboxylic acids is 1. The van der Waals surface area contributed by atoms with Gasteiger partial charge in [-0.25, -0.2) is 4.98 Å². The third-order valence-corrected chi connectivity index (χ3v) is 6.27. The van der Waals surface area contributed by atoms with Crippen LogP contribution in [0.1, 0.15) is 11.3 Å². The maximum atomic E-state index is 12.5. The Balaban J connectivity index is 1.31. The van der Waals surface area contributed by atoms with Crippen molar-refractivity contribution in [3.05, 3.63) is 99.2 Å². The molecule has 0 atom stereocenters. The van der Waals surface area contributed by atoms with Gasteiger partial charge in [-0.05, 0) is 73.2 Å². The van der Waals surface area contributed by atoms with Gasteiger partial charge >= 0.3 is 0 Å². The lowest BCUT2D eigenvalue weighted by atomic mass is 10.1. The molecule has 2 heterocycles. The van der Waals surface area contributed by atoms with Crippen LogP contribution in [0.15, 0.2) is 81.6 Å². The van der Waals surface area contributed by atoms with Gasteiger partial charge in [0, 0.05) is 27.4 Å². The molecule has 0 aliphatic carbocycles. The fourth-order valence-corrected chi connectivity index (χ4v) is 4.01. The quantitative estimate of drug-likeness (QED) is 0.234. The van der Waals surface area contributed by atoms with E-state index in [2.05, 4.69) is 10.3 Å². The van der Waals surface area contributed by atoms with Crippen molar-refractivity contribution in [1.29, 1.82) is 0 Å². The number of anilines is 1. The highest BCUT2D eigenvalue weighted by Crippen LogP contribution is 2.33. The fraction of sp³-hybridized carbons (Fsp3) is 0.0370. The number of nitrogens with one attached hydrogen (secondary N) is 1. The normalized spacial score (nSPS) is 11.4. The monoisotopic (exact) mass is 522 g/mol. The molecule has 8 heteroatoms. The van der Waals surface area contributed by atoms with Gasteiger partial charge < -0.3 is 14.2 Å². The topological polar surface area (TPSA) is 68.3 Å². The summed E-state index contributed by atoms with van der Waals surface area (Å²) in [6, 6.07) is 19.6. The van der Waals surface area contributed by atoms with E-state index in [-0.39, 0.29) is 5.91 Å². The number of furan rings is 1. The molecule has 0 saturated heterocycles. The number of amides is 1. The number of rotatable bonds is 5. The molecule has 5 rings (SSSR count). The van der Waals surface area contributed by atoms with E-state index >= 15 is 0 Å². The second kappa shape index (κ2) is 9.62. The largest absolute Gasteiger partial charge is 0.457 e. The number of oxazole rings is 1. The number of fused-ring (bicyclic) bond motifs is 1. The Morgan fingerprint density at radius 1 is 0.914 bits per heavy atom.